The summed E-state index contributed by atoms with van der Waals surface area (Å²) in [4.78, 5) is 0.229. The molecule has 0 bridgehead atoms. The van der Waals surface area contributed by atoms with E-state index in [1.807, 2.05) is 0 Å². The Hall–Kier alpha value is -0.590. The van der Waals surface area contributed by atoms with Crippen LogP contribution in [-0.2, 0) is 10.0 Å². The molecule has 19 heavy (non-hydrogen) atoms. The predicted octanol–water partition coefficient (Wildman–Crippen LogP) is 2.89. The van der Waals surface area contributed by atoms with Gasteiger partial charge in [-0.3, -0.25) is 0 Å². The number of benzene rings is 1. The topological polar surface area (TPSA) is 72.2 Å². The second-order valence-corrected chi connectivity index (χ2v) is 7.83. The molecule has 0 atom stereocenters. The van der Waals surface area contributed by atoms with Crippen LogP contribution in [0.3, 0.4) is 0 Å². The zero-order chi connectivity index (χ0) is 14.0. The molecule has 0 aromatic heterocycles. The Kier molecular flexibility index (Phi) is 4.53. The molecule has 1 saturated carbocycles. The molecule has 1 aromatic rings. The molecule has 0 amide bonds. The number of nitrogen functional groups attached to an aromatic ring is 1. The molecule has 3 N–H and O–H groups in total. The average Bonchev–Trinajstić information content (AvgIpc) is 2.35. The number of sulfonamides is 1. The van der Waals surface area contributed by atoms with Crippen LogP contribution in [0.5, 0.6) is 0 Å². The summed E-state index contributed by atoms with van der Waals surface area (Å²) in [5.41, 5.74) is 6.16. The van der Waals surface area contributed by atoms with Gasteiger partial charge in [-0.1, -0.05) is 6.92 Å². The van der Waals surface area contributed by atoms with Crippen molar-refractivity contribution in [2.45, 2.75) is 43.5 Å². The number of hydrogen-bond acceptors (Lipinski definition) is 3. The summed E-state index contributed by atoms with van der Waals surface area (Å²) in [6.45, 7) is 2.21. The van der Waals surface area contributed by atoms with Gasteiger partial charge in [0.2, 0.25) is 10.0 Å². The quantitative estimate of drug-likeness (QED) is 0.826. The Morgan fingerprint density at radius 1 is 1.26 bits per heavy atom. The van der Waals surface area contributed by atoms with Gasteiger partial charge in [-0.15, -0.1) is 0 Å². The molecule has 2 rings (SSSR count). The lowest BCUT2D eigenvalue weighted by molar-refractivity contribution is 0.332. The van der Waals surface area contributed by atoms with Gasteiger partial charge in [0, 0.05) is 16.2 Å². The maximum atomic E-state index is 12.3. The first-order valence-corrected chi connectivity index (χ1v) is 8.73. The monoisotopic (exact) mass is 346 g/mol. The third kappa shape index (κ3) is 3.70. The summed E-state index contributed by atoms with van der Waals surface area (Å²) in [6.07, 6.45) is 3.98. The van der Waals surface area contributed by atoms with E-state index in [9.17, 15) is 8.42 Å². The fraction of sp³-hybridized carbons (Fsp3) is 0.538. The molecule has 1 aromatic carbocycles. The van der Waals surface area contributed by atoms with Crippen molar-refractivity contribution >= 4 is 31.6 Å². The van der Waals surface area contributed by atoms with Crippen molar-refractivity contribution < 1.29 is 8.42 Å². The van der Waals surface area contributed by atoms with Crippen LogP contribution in [0.1, 0.15) is 32.6 Å². The summed E-state index contributed by atoms with van der Waals surface area (Å²) in [5, 5.41) is 0. The molecule has 4 nitrogen and oxygen atoms in total. The molecule has 0 spiro atoms. The van der Waals surface area contributed by atoms with Crippen molar-refractivity contribution in [3.8, 4) is 0 Å². The Morgan fingerprint density at radius 2 is 1.89 bits per heavy atom. The van der Waals surface area contributed by atoms with Crippen LogP contribution in [-0.4, -0.2) is 14.5 Å². The molecular weight excluding hydrogens is 328 g/mol. The molecule has 0 saturated heterocycles. The highest BCUT2D eigenvalue weighted by molar-refractivity contribution is 9.10. The largest absolute Gasteiger partial charge is 0.398 e. The molecule has 0 heterocycles. The van der Waals surface area contributed by atoms with Gasteiger partial charge in [0.25, 0.3) is 0 Å². The third-order valence-electron chi connectivity index (χ3n) is 3.62. The van der Waals surface area contributed by atoms with E-state index in [2.05, 4.69) is 27.6 Å². The molecule has 1 aliphatic rings. The lowest BCUT2D eigenvalue weighted by atomic mass is 9.88. The van der Waals surface area contributed by atoms with Crippen molar-refractivity contribution in [1.82, 2.24) is 4.72 Å². The highest BCUT2D eigenvalue weighted by Gasteiger charge is 2.24. The Morgan fingerprint density at radius 3 is 2.47 bits per heavy atom. The van der Waals surface area contributed by atoms with Gasteiger partial charge >= 0.3 is 0 Å². The lowest BCUT2D eigenvalue weighted by Crippen LogP contribution is -2.37. The van der Waals surface area contributed by atoms with Crippen LogP contribution in [0.25, 0.3) is 0 Å². The number of nitrogens with one attached hydrogen (secondary N) is 1. The second-order valence-electron chi connectivity index (χ2n) is 5.26. The summed E-state index contributed by atoms with van der Waals surface area (Å²) in [5.74, 6) is 0.698. The van der Waals surface area contributed by atoms with E-state index in [4.69, 9.17) is 5.73 Å². The standard InChI is InChI=1S/C13H19BrN2O2S/c1-9-2-4-10(5-3-9)16-19(17,18)11-6-7-12(14)13(15)8-11/h6-10,16H,2-5,15H2,1H3. The van der Waals surface area contributed by atoms with Crippen LogP contribution >= 0.6 is 15.9 Å². The van der Waals surface area contributed by atoms with Crippen molar-refractivity contribution in [2.24, 2.45) is 5.92 Å². The summed E-state index contributed by atoms with van der Waals surface area (Å²) >= 11 is 3.26. The van der Waals surface area contributed by atoms with Gasteiger partial charge in [-0.05, 0) is 65.7 Å². The normalized spacial score (nSPS) is 24.3. The molecule has 6 heteroatoms. The van der Waals surface area contributed by atoms with Gasteiger partial charge in [-0.25, -0.2) is 13.1 Å². The number of anilines is 1. The van der Waals surface area contributed by atoms with Crippen molar-refractivity contribution in [3.05, 3.63) is 22.7 Å². The first kappa shape index (κ1) is 14.8. The minimum atomic E-state index is -3.47. The zero-order valence-corrected chi connectivity index (χ0v) is 13.3. The minimum Gasteiger partial charge on any atom is -0.398 e. The van der Waals surface area contributed by atoms with E-state index < -0.39 is 10.0 Å². The predicted molar refractivity (Wildman–Crippen MR) is 80.3 cm³/mol. The number of rotatable bonds is 3. The van der Waals surface area contributed by atoms with E-state index in [0.29, 0.717) is 16.1 Å². The Balaban J connectivity index is 2.11. The van der Waals surface area contributed by atoms with Crippen LogP contribution in [0.2, 0.25) is 0 Å². The van der Waals surface area contributed by atoms with E-state index in [0.717, 1.165) is 25.7 Å². The van der Waals surface area contributed by atoms with Crippen LogP contribution < -0.4 is 10.5 Å². The second kappa shape index (κ2) is 5.81. The van der Waals surface area contributed by atoms with Crippen LogP contribution in [0, 0.1) is 5.92 Å². The number of hydrogen-bond donors (Lipinski definition) is 2. The molecule has 1 aliphatic carbocycles. The smallest absolute Gasteiger partial charge is 0.240 e. The number of halogens is 1. The van der Waals surface area contributed by atoms with E-state index in [1.54, 1.807) is 12.1 Å². The van der Waals surface area contributed by atoms with Gasteiger partial charge < -0.3 is 5.73 Å². The first-order valence-electron chi connectivity index (χ1n) is 6.46. The zero-order valence-electron chi connectivity index (χ0n) is 10.9. The van der Waals surface area contributed by atoms with Gasteiger partial charge in [0.15, 0.2) is 0 Å². The molecule has 0 aliphatic heterocycles. The Bertz CT molecular complexity index is 552. The van der Waals surface area contributed by atoms with E-state index >= 15 is 0 Å². The molecule has 0 radical (unpaired) electrons. The van der Waals surface area contributed by atoms with Gasteiger partial charge in [0.05, 0.1) is 4.90 Å². The Labute approximate surface area is 122 Å². The van der Waals surface area contributed by atoms with Gasteiger partial charge in [0.1, 0.15) is 0 Å². The fourth-order valence-corrected chi connectivity index (χ4v) is 3.94. The molecule has 0 unspecified atom stereocenters. The summed E-state index contributed by atoms with van der Waals surface area (Å²) < 4.78 is 28.0. The summed E-state index contributed by atoms with van der Waals surface area (Å²) in [7, 11) is -3.47. The highest BCUT2D eigenvalue weighted by Crippen LogP contribution is 2.26. The molecular formula is C13H19BrN2O2S. The first-order chi connectivity index (χ1) is 8.88. The van der Waals surface area contributed by atoms with Crippen LogP contribution in [0.15, 0.2) is 27.6 Å². The van der Waals surface area contributed by atoms with E-state index in [-0.39, 0.29) is 10.9 Å². The average molecular weight is 347 g/mol. The van der Waals surface area contributed by atoms with E-state index in [1.165, 1.54) is 6.07 Å². The van der Waals surface area contributed by atoms with Crippen molar-refractivity contribution in [2.75, 3.05) is 5.73 Å². The lowest BCUT2D eigenvalue weighted by Gasteiger charge is -2.26. The highest BCUT2D eigenvalue weighted by atomic mass is 79.9. The molecule has 106 valence electrons. The SMILES string of the molecule is CC1CCC(NS(=O)(=O)c2ccc(Br)c(N)c2)CC1. The van der Waals surface area contributed by atoms with Crippen molar-refractivity contribution in [1.29, 1.82) is 0 Å². The molecule has 1 fully saturated rings. The number of nitrogens with two attached hydrogens (primary N) is 1. The van der Waals surface area contributed by atoms with Crippen molar-refractivity contribution in [3.63, 3.8) is 0 Å². The summed E-state index contributed by atoms with van der Waals surface area (Å²) in [6, 6.07) is 4.75. The maximum Gasteiger partial charge on any atom is 0.240 e. The van der Waals surface area contributed by atoms with Gasteiger partial charge in [-0.2, -0.15) is 0 Å². The third-order valence-corrected chi connectivity index (χ3v) is 5.86. The van der Waals surface area contributed by atoms with Crippen LogP contribution in [0.4, 0.5) is 5.69 Å². The maximum absolute atomic E-state index is 12.3. The fourth-order valence-electron chi connectivity index (χ4n) is 2.35. The minimum absolute atomic E-state index is 0.0473.